The van der Waals surface area contributed by atoms with Gasteiger partial charge in [-0.05, 0) is 12.8 Å². The number of hydrogen-bond donors (Lipinski definition) is 0. The van der Waals surface area contributed by atoms with Gasteiger partial charge in [0.05, 0.1) is 12.5 Å². The zero-order valence-corrected chi connectivity index (χ0v) is 9.13. The highest BCUT2D eigenvalue weighted by Crippen LogP contribution is 2.15. The van der Waals surface area contributed by atoms with Crippen LogP contribution < -0.4 is 4.90 Å². The maximum Gasteiger partial charge on any atom is 0.225 e. The Morgan fingerprint density at radius 1 is 1.31 bits per heavy atom. The third kappa shape index (κ3) is 2.57. The lowest BCUT2D eigenvalue weighted by Crippen LogP contribution is -2.20. The van der Waals surface area contributed by atoms with Crippen molar-refractivity contribution in [2.45, 2.75) is 19.3 Å². The second-order valence-corrected chi connectivity index (χ2v) is 3.78. The smallest absolute Gasteiger partial charge is 0.225 e. The lowest BCUT2D eigenvalue weighted by Gasteiger charge is -2.14. The van der Waals surface area contributed by atoms with Crippen molar-refractivity contribution in [2.24, 2.45) is 0 Å². The second-order valence-electron chi connectivity index (χ2n) is 3.78. The van der Waals surface area contributed by atoms with Gasteiger partial charge in [0.15, 0.2) is 0 Å². The van der Waals surface area contributed by atoms with E-state index < -0.39 is 0 Å². The molecule has 2 rings (SSSR count). The van der Waals surface area contributed by atoms with Crippen LogP contribution >= 0.6 is 0 Å². The van der Waals surface area contributed by atoms with Crippen molar-refractivity contribution in [2.75, 3.05) is 18.0 Å². The third-order valence-electron chi connectivity index (χ3n) is 2.57. The average molecular weight is 214 g/mol. The molecule has 1 saturated heterocycles. The lowest BCUT2D eigenvalue weighted by atomic mass is 10.3. The molecule has 4 nitrogen and oxygen atoms in total. The first-order chi connectivity index (χ1) is 7.90. The minimum absolute atomic E-state index is 0.424. The molecule has 0 spiro atoms. The Hall–Kier alpha value is -1.89. The summed E-state index contributed by atoms with van der Waals surface area (Å²) in [6.45, 7) is 2.12. The minimum Gasteiger partial charge on any atom is -0.341 e. The van der Waals surface area contributed by atoms with Gasteiger partial charge in [0.25, 0.3) is 0 Å². The molecule has 1 aliphatic rings. The highest BCUT2D eigenvalue weighted by atomic mass is 15.3. The molecular formula is C12H14N4. The van der Waals surface area contributed by atoms with Crippen LogP contribution in [0.3, 0.4) is 0 Å². The lowest BCUT2D eigenvalue weighted by molar-refractivity contribution is 0.897. The minimum atomic E-state index is 0.424. The second kappa shape index (κ2) is 5.26. The number of nitriles is 1. The number of allylic oxidation sites excluding steroid dienone is 1. The van der Waals surface area contributed by atoms with Gasteiger partial charge in [0.2, 0.25) is 5.95 Å². The molecule has 0 unspecified atom stereocenters. The first-order valence-electron chi connectivity index (χ1n) is 5.50. The predicted molar refractivity (Wildman–Crippen MR) is 62.7 cm³/mol. The van der Waals surface area contributed by atoms with Crippen molar-refractivity contribution < 1.29 is 0 Å². The molecule has 1 aromatic heterocycles. The molecule has 0 aromatic carbocycles. The van der Waals surface area contributed by atoms with Gasteiger partial charge in [-0.1, -0.05) is 12.2 Å². The average Bonchev–Trinajstić information content (AvgIpc) is 2.84. The molecule has 4 heteroatoms. The molecule has 0 bridgehead atoms. The van der Waals surface area contributed by atoms with E-state index in [4.69, 9.17) is 5.26 Å². The van der Waals surface area contributed by atoms with Gasteiger partial charge in [-0.2, -0.15) is 5.26 Å². The van der Waals surface area contributed by atoms with Gasteiger partial charge in [0, 0.05) is 31.0 Å². The maximum atomic E-state index is 8.39. The predicted octanol–water partition coefficient (Wildman–Crippen LogP) is 2.00. The number of aromatic nitrogens is 2. The van der Waals surface area contributed by atoms with Crippen LogP contribution in [0.1, 0.15) is 24.8 Å². The molecule has 0 aliphatic carbocycles. The summed E-state index contributed by atoms with van der Waals surface area (Å²) in [5.41, 5.74) is 0.943. The van der Waals surface area contributed by atoms with E-state index in [2.05, 4.69) is 20.9 Å². The van der Waals surface area contributed by atoms with Gasteiger partial charge in [-0.15, -0.1) is 0 Å². The van der Waals surface area contributed by atoms with Gasteiger partial charge in [-0.3, -0.25) is 0 Å². The molecule has 0 amide bonds. The zero-order valence-electron chi connectivity index (χ0n) is 9.13. The van der Waals surface area contributed by atoms with Crippen molar-refractivity contribution >= 4 is 12.0 Å². The van der Waals surface area contributed by atoms with E-state index >= 15 is 0 Å². The normalized spacial score (nSPS) is 15.6. The molecule has 1 aromatic rings. The maximum absolute atomic E-state index is 8.39. The fourth-order valence-electron chi connectivity index (χ4n) is 1.75. The summed E-state index contributed by atoms with van der Waals surface area (Å²) in [6.07, 6.45) is 10.2. The van der Waals surface area contributed by atoms with Crippen molar-refractivity contribution in [1.82, 2.24) is 9.97 Å². The van der Waals surface area contributed by atoms with Crippen molar-refractivity contribution in [1.29, 1.82) is 5.26 Å². The first-order valence-corrected chi connectivity index (χ1v) is 5.50. The number of rotatable bonds is 3. The Kier molecular flexibility index (Phi) is 3.50. The molecule has 0 radical (unpaired) electrons. The Labute approximate surface area is 95.2 Å². The highest BCUT2D eigenvalue weighted by Gasteiger charge is 2.13. The fraction of sp³-hybridized carbons (Fsp3) is 0.417. The summed E-state index contributed by atoms with van der Waals surface area (Å²) in [4.78, 5) is 10.8. The number of anilines is 1. The molecule has 82 valence electrons. The third-order valence-corrected chi connectivity index (χ3v) is 2.57. The van der Waals surface area contributed by atoms with Gasteiger partial charge in [-0.25, -0.2) is 9.97 Å². The summed E-state index contributed by atoms with van der Waals surface area (Å²) >= 11 is 0. The molecule has 16 heavy (non-hydrogen) atoms. The molecular weight excluding hydrogens is 200 g/mol. The van der Waals surface area contributed by atoms with Gasteiger partial charge in [0.1, 0.15) is 0 Å². The molecule has 0 atom stereocenters. The number of nitrogens with zero attached hydrogens (tertiary/aromatic N) is 4. The molecule has 2 heterocycles. The van der Waals surface area contributed by atoms with E-state index in [0.717, 1.165) is 24.6 Å². The SMILES string of the molecule is N#CCC=Cc1cnc(N2CCCC2)nc1. The van der Waals surface area contributed by atoms with E-state index in [0.29, 0.717) is 6.42 Å². The summed E-state index contributed by atoms with van der Waals surface area (Å²) in [7, 11) is 0. The Morgan fingerprint density at radius 3 is 2.62 bits per heavy atom. The van der Waals surface area contributed by atoms with E-state index in [1.807, 2.05) is 12.2 Å². The van der Waals surface area contributed by atoms with E-state index in [9.17, 15) is 0 Å². The number of hydrogen-bond acceptors (Lipinski definition) is 4. The summed E-state index contributed by atoms with van der Waals surface area (Å²) < 4.78 is 0. The Bertz CT molecular complexity index is 396. The van der Waals surface area contributed by atoms with Crippen LogP contribution in [0.15, 0.2) is 18.5 Å². The first kappa shape index (κ1) is 10.6. The van der Waals surface area contributed by atoms with Crippen molar-refractivity contribution in [3.8, 4) is 6.07 Å². The standard InChI is InChI=1S/C12H14N4/c13-6-2-1-5-11-9-14-12(15-10-11)16-7-3-4-8-16/h1,5,9-10H,2-4,7-8H2. The largest absolute Gasteiger partial charge is 0.341 e. The van der Waals surface area contributed by atoms with E-state index in [1.54, 1.807) is 12.4 Å². The van der Waals surface area contributed by atoms with Gasteiger partial charge >= 0.3 is 0 Å². The zero-order chi connectivity index (χ0) is 11.2. The van der Waals surface area contributed by atoms with Crippen LogP contribution in [0, 0.1) is 11.3 Å². The Morgan fingerprint density at radius 2 is 2.00 bits per heavy atom. The molecule has 1 aliphatic heterocycles. The van der Waals surface area contributed by atoms with E-state index in [-0.39, 0.29) is 0 Å². The topological polar surface area (TPSA) is 52.8 Å². The van der Waals surface area contributed by atoms with Crippen LogP contribution in [-0.2, 0) is 0 Å². The monoisotopic (exact) mass is 214 g/mol. The molecule has 1 fully saturated rings. The van der Waals surface area contributed by atoms with Crippen LogP contribution in [0.4, 0.5) is 5.95 Å². The summed E-state index contributed by atoms with van der Waals surface area (Å²) in [5, 5.41) is 8.39. The molecule has 0 N–H and O–H groups in total. The molecule has 0 saturated carbocycles. The van der Waals surface area contributed by atoms with Crippen LogP contribution in [0.5, 0.6) is 0 Å². The Balaban J connectivity index is 2.01. The summed E-state index contributed by atoms with van der Waals surface area (Å²) in [5.74, 6) is 0.815. The van der Waals surface area contributed by atoms with Crippen LogP contribution in [0.25, 0.3) is 6.08 Å². The van der Waals surface area contributed by atoms with E-state index in [1.165, 1.54) is 12.8 Å². The van der Waals surface area contributed by atoms with Crippen molar-refractivity contribution in [3.63, 3.8) is 0 Å². The van der Waals surface area contributed by atoms with Crippen molar-refractivity contribution in [3.05, 3.63) is 24.0 Å². The fourth-order valence-corrected chi connectivity index (χ4v) is 1.75. The quantitative estimate of drug-likeness (QED) is 0.772. The van der Waals surface area contributed by atoms with Crippen LogP contribution in [-0.4, -0.2) is 23.1 Å². The highest BCUT2D eigenvalue weighted by molar-refractivity contribution is 5.48. The van der Waals surface area contributed by atoms with Gasteiger partial charge < -0.3 is 4.90 Å². The summed E-state index contributed by atoms with van der Waals surface area (Å²) in [6, 6.07) is 2.06. The van der Waals surface area contributed by atoms with Crippen LogP contribution in [0.2, 0.25) is 0 Å².